The van der Waals surface area contributed by atoms with E-state index in [0.29, 0.717) is 5.41 Å². The van der Waals surface area contributed by atoms with Crippen molar-refractivity contribution in [2.24, 2.45) is 5.41 Å². The van der Waals surface area contributed by atoms with Crippen molar-refractivity contribution in [1.82, 2.24) is 5.06 Å². The lowest BCUT2D eigenvalue weighted by Crippen LogP contribution is -2.45. The highest BCUT2D eigenvalue weighted by Crippen LogP contribution is 2.63. The van der Waals surface area contributed by atoms with Gasteiger partial charge in [-0.25, -0.2) is 0 Å². The number of hydrogen-bond acceptors (Lipinski definition) is 2. The molecule has 0 amide bonds. The van der Waals surface area contributed by atoms with Gasteiger partial charge in [-0.1, -0.05) is 56.0 Å². The Hall–Kier alpha value is -0.860. The van der Waals surface area contributed by atoms with Crippen LogP contribution in [0.15, 0.2) is 30.3 Å². The summed E-state index contributed by atoms with van der Waals surface area (Å²) in [6.45, 7) is 1.06. The van der Waals surface area contributed by atoms with Gasteiger partial charge in [0.2, 0.25) is 0 Å². The predicted molar refractivity (Wildman–Crippen MR) is 84.7 cm³/mol. The van der Waals surface area contributed by atoms with E-state index in [-0.39, 0.29) is 5.72 Å². The van der Waals surface area contributed by atoms with E-state index in [1.807, 2.05) is 0 Å². The Morgan fingerprint density at radius 1 is 0.857 bits per heavy atom. The van der Waals surface area contributed by atoms with Crippen LogP contribution in [0.4, 0.5) is 0 Å². The summed E-state index contributed by atoms with van der Waals surface area (Å²) >= 11 is 0. The molecule has 2 aliphatic carbocycles. The van der Waals surface area contributed by atoms with Crippen LogP contribution in [0.25, 0.3) is 0 Å². The minimum Gasteiger partial charge on any atom is -0.271 e. The van der Waals surface area contributed by atoms with Gasteiger partial charge in [0.05, 0.1) is 0 Å². The van der Waals surface area contributed by atoms with Crippen LogP contribution in [-0.4, -0.2) is 17.3 Å². The molecule has 1 aliphatic heterocycles. The quantitative estimate of drug-likeness (QED) is 0.748. The van der Waals surface area contributed by atoms with E-state index >= 15 is 0 Å². The number of fused-ring (bicyclic) bond motifs is 1. The maximum Gasteiger partial charge on any atom is 0.170 e. The number of nitrogens with zero attached hydrogens (tertiary/aromatic N) is 1. The molecule has 0 radical (unpaired) electrons. The fraction of sp³-hybridized carbons (Fsp3) is 0.684. The average molecular weight is 285 g/mol. The summed E-state index contributed by atoms with van der Waals surface area (Å²) in [5, 5.41) is 2.35. The van der Waals surface area contributed by atoms with Gasteiger partial charge in [0.1, 0.15) is 0 Å². The summed E-state index contributed by atoms with van der Waals surface area (Å²) in [5.74, 6) is 0. The molecular formula is C19H27NO. The van der Waals surface area contributed by atoms with Crippen LogP contribution in [0, 0.1) is 5.41 Å². The summed E-state index contributed by atoms with van der Waals surface area (Å²) in [4.78, 5) is 6.29. The molecular weight excluding hydrogens is 258 g/mol. The predicted octanol–water partition coefficient (Wildman–Crippen LogP) is 4.70. The molecule has 4 rings (SSSR count). The smallest absolute Gasteiger partial charge is 0.170 e. The Bertz CT molecular complexity index is 471. The highest BCUT2D eigenvalue weighted by molar-refractivity contribution is 5.16. The van der Waals surface area contributed by atoms with Crippen molar-refractivity contribution in [1.29, 1.82) is 0 Å². The molecule has 0 aromatic heterocycles. The fourth-order valence-corrected chi connectivity index (χ4v) is 4.95. The molecule has 114 valence electrons. The van der Waals surface area contributed by atoms with Gasteiger partial charge in [0, 0.05) is 12.0 Å². The third-order valence-corrected chi connectivity index (χ3v) is 6.14. The second-order valence-corrected chi connectivity index (χ2v) is 7.26. The van der Waals surface area contributed by atoms with Gasteiger partial charge in [0.25, 0.3) is 0 Å². The molecule has 3 fully saturated rings. The summed E-state index contributed by atoms with van der Waals surface area (Å²) in [7, 11) is 0. The van der Waals surface area contributed by atoms with Crippen LogP contribution in [-0.2, 0) is 11.3 Å². The van der Waals surface area contributed by atoms with Gasteiger partial charge < -0.3 is 0 Å². The van der Waals surface area contributed by atoms with E-state index in [4.69, 9.17) is 4.84 Å². The third kappa shape index (κ3) is 2.33. The zero-order valence-electron chi connectivity index (χ0n) is 13.0. The average Bonchev–Trinajstić information content (AvgIpc) is 3.25. The van der Waals surface area contributed by atoms with Crippen LogP contribution < -0.4 is 0 Å². The normalized spacial score (nSPS) is 34.2. The molecule has 1 aromatic rings. The van der Waals surface area contributed by atoms with Crippen molar-refractivity contribution in [2.45, 2.75) is 69.9 Å². The minimum absolute atomic E-state index is 0.125. The Kier molecular flexibility index (Phi) is 3.55. The van der Waals surface area contributed by atoms with Crippen molar-refractivity contribution >= 4 is 0 Å². The Labute approximate surface area is 128 Å². The van der Waals surface area contributed by atoms with Gasteiger partial charge in [-0.3, -0.25) is 4.84 Å². The van der Waals surface area contributed by atoms with Crippen molar-refractivity contribution in [2.75, 3.05) is 6.54 Å². The number of rotatable bonds is 3. The Balaban J connectivity index is 1.44. The standard InChI is InChI=1S/C19H27NO/c1-3-9-17(10-4-1)11-16-20-19(21-20)15-8-7-14-18(19)12-5-2-6-13-18/h1,3-4,9-10H,2,5-8,11-16H2. The molecule has 0 N–H and O–H groups in total. The van der Waals surface area contributed by atoms with Crippen molar-refractivity contribution in [3.05, 3.63) is 35.9 Å². The molecule has 21 heavy (non-hydrogen) atoms. The van der Waals surface area contributed by atoms with Crippen molar-refractivity contribution in [3.8, 4) is 0 Å². The summed E-state index contributed by atoms with van der Waals surface area (Å²) in [5.41, 5.74) is 2.04. The number of hydrogen-bond donors (Lipinski definition) is 0. The van der Waals surface area contributed by atoms with Gasteiger partial charge in [-0.15, -0.1) is 0 Å². The van der Waals surface area contributed by atoms with Crippen molar-refractivity contribution < 1.29 is 4.84 Å². The Morgan fingerprint density at radius 2 is 1.52 bits per heavy atom. The topological polar surface area (TPSA) is 15.5 Å². The molecule has 1 heterocycles. The van der Waals surface area contributed by atoms with E-state index in [1.165, 1.54) is 63.4 Å². The van der Waals surface area contributed by atoms with E-state index in [2.05, 4.69) is 35.4 Å². The van der Waals surface area contributed by atoms with Crippen LogP contribution in [0.2, 0.25) is 0 Å². The number of hydroxylamine groups is 2. The van der Waals surface area contributed by atoms with Gasteiger partial charge in [-0.2, -0.15) is 5.06 Å². The lowest BCUT2D eigenvalue weighted by molar-refractivity contribution is 0.0148. The zero-order chi connectivity index (χ0) is 14.2. The van der Waals surface area contributed by atoms with E-state index in [1.54, 1.807) is 0 Å². The first kappa shape index (κ1) is 13.8. The molecule has 2 spiro atoms. The maximum atomic E-state index is 6.29. The molecule has 2 heteroatoms. The largest absolute Gasteiger partial charge is 0.271 e. The summed E-state index contributed by atoms with van der Waals surface area (Å²) in [6.07, 6.45) is 13.6. The van der Waals surface area contributed by atoms with E-state index in [9.17, 15) is 0 Å². The van der Waals surface area contributed by atoms with Crippen LogP contribution >= 0.6 is 0 Å². The van der Waals surface area contributed by atoms with Crippen LogP contribution in [0.5, 0.6) is 0 Å². The molecule has 1 saturated heterocycles. The molecule has 2 atom stereocenters. The number of benzene rings is 1. The SMILES string of the molecule is c1ccc(CCN2OC23CCCCC32CCCCC2)cc1. The summed E-state index contributed by atoms with van der Waals surface area (Å²) < 4.78 is 0. The molecule has 2 saturated carbocycles. The lowest BCUT2D eigenvalue weighted by atomic mass is 9.61. The molecule has 0 bridgehead atoms. The van der Waals surface area contributed by atoms with Gasteiger partial charge in [0.15, 0.2) is 5.72 Å². The second kappa shape index (κ2) is 5.40. The third-order valence-electron chi connectivity index (χ3n) is 6.14. The molecule has 1 aromatic carbocycles. The minimum atomic E-state index is 0.125. The first-order valence-corrected chi connectivity index (χ1v) is 8.85. The van der Waals surface area contributed by atoms with E-state index < -0.39 is 0 Å². The van der Waals surface area contributed by atoms with Crippen LogP contribution in [0.3, 0.4) is 0 Å². The fourth-order valence-electron chi connectivity index (χ4n) is 4.95. The molecule has 3 aliphatic rings. The first-order valence-electron chi connectivity index (χ1n) is 8.85. The highest BCUT2D eigenvalue weighted by Gasteiger charge is 2.67. The second-order valence-electron chi connectivity index (χ2n) is 7.26. The lowest BCUT2D eigenvalue weighted by Gasteiger charge is -2.44. The van der Waals surface area contributed by atoms with Crippen molar-refractivity contribution in [3.63, 3.8) is 0 Å². The first-order chi connectivity index (χ1) is 10.3. The Morgan fingerprint density at radius 3 is 2.29 bits per heavy atom. The zero-order valence-corrected chi connectivity index (χ0v) is 13.0. The monoisotopic (exact) mass is 285 g/mol. The molecule has 2 unspecified atom stereocenters. The van der Waals surface area contributed by atoms with Crippen LogP contribution in [0.1, 0.15) is 63.4 Å². The maximum absolute atomic E-state index is 6.29. The van der Waals surface area contributed by atoms with Gasteiger partial charge >= 0.3 is 0 Å². The highest BCUT2D eigenvalue weighted by atomic mass is 16.9. The summed E-state index contributed by atoms with van der Waals surface area (Å²) in [6, 6.07) is 10.8. The van der Waals surface area contributed by atoms with Gasteiger partial charge in [-0.05, 0) is 44.1 Å². The molecule has 2 nitrogen and oxygen atoms in total. The van der Waals surface area contributed by atoms with E-state index in [0.717, 1.165) is 13.0 Å².